The third-order valence-electron chi connectivity index (χ3n) is 4.69. The number of alkyl halides is 3. The molecule has 158 valence electrons. The maximum Gasteiger partial charge on any atom is 0.416 e. The molecule has 1 unspecified atom stereocenters. The molecule has 0 saturated heterocycles. The standard InChI is InChI=1S/C21H20F3N3O3/c22-21(23,24)16-7-5-13(6-8-16)10-27-19(28)15(12-30-20(25)29)9-14-11-26-18-4-2-1-3-17(14)18/h1-8,11,15,26H,9-10,12H2,(H2,25,29)(H,27,28). The second kappa shape index (κ2) is 8.89. The molecule has 9 heteroatoms. The largest absolute Gasteiger partial charge is 0.449 e. The molecule has 0 aliphatic rings. The van der Waals surface area contributed by atoms with Gasteiger partial charge in [0, 0.05) is 23.6 Å². The van der Waals surface area contributed by atoms with Crippen LogP contribution in [0.2, 0.25) is 0 Å². The van der Waals surface area contributed by atoms with Gasteiger partial charge < -0.3 is 20.8 Å². The van der Waals surface area contributed by atoms with Crippen LogP contribution in [0.25, 0.3) is 10.9 Å². The van der Waals surface area contributed by atoms with Crippen molar-refractivity contribution in [2.75, 3.05) is 6.61 Å². The first-order valence-corrected chi connectivity index (χ1v) is 9.15. The highest BCUT2D eigenvalue weighted by molar-refractivity contribution is 5.85. The van der Waals surface area contributed by atoms with Crippen molar-refractivity contribution >= 4 is 22.9 Å². The van der Waals surface area contributed by atoms with Crippen molar-refractivity contribution in [3.8, 4) is 0 Å². The summed E-state index contributed by atoms with van der Waals surface area (Å²) in [5.74, 6) is -1.12. The summed E-state index contributed by atoms with van der Waals surface area (Å²) in [6, 6.07) is 12.1. The highest BCUT2D eigenvalue weighted by Crippen LogP contribution is 2.29. The number of carbonyl (C=O) groups excluding carboxylic acids is 2. The fraction of sp³-hybridized carbons (Fsp3) is 0.238. The van der Waals surface area contributed by atoms with E-state index in [4.69, 9.17) is 10.5 Å². The van der Waals surface area contributed by atoms with Crippen LogP contribution in [0.1, 0.15) is 16.7 Å². The molecule has 0 bridgehead atoms. The third-order valence-corrected chi connectivity index (χ3v) is 4.69. The maximum atomic E-state index is 12.7. The zero-order chi connectivity index (χ0) is 21.7. The average Bonchev–Trinajstić information content (AvgIpc) is 3.11. The summed E-state index contributed by atoms with van der Waals surface area (Å²) in [5, 5.41) is 3.62. The molecule has 1 heterocycles. The summed E-state index contributed by atoms with van der Waals surface area (Å²) in [4.78, 5) is 26.8. The number of aromatic nitrogens is 1. The number of nitrogens with two attached hydrogens (primary N) is 1. The molecule has 2 aromatic carbocycles. The lowest BCUT2D eigenvalue weighted by molar-refractivity contribution is -0.137. The number of ether oxygens (including phenoxy) is 1. The van der Waals surface area contributed by atoms with E-state index in [1.165, 1.54) is 12.1 Å². The van der Waals surface area contributed by atoms with E-state index in [0.717, 1.165) is 28.6 Å². The molecule has 4 N–H and O–H groups in total. The second-order valence-corrected chi connectivity index (χ2v) is 6.80. The number of aromatic amines is 1. The Morgan fingerprint density at radius 3 is 2.47 bits per heavy atom. The number of hydrogen-bond donors (Lipinski definition) is 3. The summed E-state index contributed by atoms with van der Waals surface area (Å²) >= 11 is 0. The molecule has 0 fully saturated rings. The van der Waals surface area contributed by atoms with Crippen LogP contribution in [0, 0.1) is 5.92 Å². The van der Waals surface area contributed by atoms with Gasteiger partial charge in [0.2, 0.25) is 5.91 Å². The van der Waals surface area contributed by atoms with Crippen LogP contribution in [-0.2, 0) is 28.7 Å². The summed E-state index contributed by atoms with van der Waals surface area (Å²) in [6.45, 7) is -0.175. The molecule has 6 nitrogen and oxygen atoms in total. The van der Waals surface area contributed by atoms with Crippen LogP contribution in [0.5, 0.6) is 0 Å². The first-order chi connectivity index (χ1) is 14.2. The summed E-state index contributed by atoms with van der Waals surface area (Å²) < 4.78 is 42.8. The minimum absolute atomic E-state index is 0.0396. The van der Waals surface area contributed by atoms with Crippen molar-refractivity contribution in [3.63, 3.8) is 0 Å². The zero-order valence-corrected chi connectivity index (χ0v) is 15.8. The second-order valence-electron chi connectivity index (χ2n) is 6.80. The van der Waals surface area contributed by atoms with Crippen LogP contribution in [0.3, 0.4) is 0 Å². The number of primary amides is 1. The van der Waals surface area contributed by atoms with Gasteiger partial charge in [-0.15, -0.1) is 0 Å². The first kappa shape index (κ1) is 21.2. The van der Waals surface area contributed by atoms with Gasteiger partial charge in [-0.05, 0) is 35.7 Å². The van der Waals surface area contributed by atoms with Gasteiger partial charge in [-0.1, -0.05) is 30.3 Å². The number of para-hydroxylation sites is 1. The van der Waals surface area contributed by atoms with Gasteiger partial charge in [0.25, 0.3) is 0 Å². The lowest BCUT2D eigenvalue weighted by Crippen LogP contribution is -2.35. The van der Waals surface area contributed by atoms with Gasteiger partial charge >= 0.3 is 12.3 Å². The number of amides is 2. The fourth-order valence-electron chi connectivity index (χ4n) is 3.12. The molecular formula is C21H20F3N3O3. The van der Waals surface area contributed by atoms with Crippen LogP contribution >= 0.6 is 0 Å². The Bertz CT molecular complexity index is 1030. The number of carbonyl (C=O) groups is 2. The molecule has 0 saturated carbocycles. The molecule has 1 aromatic heterocycles. The summed E-state index contributed by atoms with van der Waals surface area (Å²) in [6.07, 6.45) is -3.34. The first-order valence-electron chi connectivity index (χ1n) is 9.15. The van der Waals surface area contributed by atoms with Gasteiger partial charge in [-0.3, -0.25) is 4.79 Å². The Kier molecular flexibility index (Phi) is 6.29. The number of hydrogen-bond acceptors (Lipinski definition) is 3. The Morgan fingerprint density at radius 1 is 1.10 bits per heavy atom. The van der Waals surface area contributed by atoms with Crippen molar-refractivity contribution in [2.45, 2.75) is 19.1 Å². The van der Waals surface area contributed by atoms with Crippen LogP contribution in [0.15, 0.2) is 54.7 Å². The van der Waals surface area contributed by atoms with Gasteiger partial charge in [-0.25, -0.2) is 4.79 Å². The maximum absolute atomic E-state index is 12.7. The Morgan fingerprint density at radius 2 is 1.80 bits per heavy atom. The third kappa shape index (κ3) is 5.31. The number of nitrogens with one attached hydrogen (secondary N) is 2. The smallest absolute Gasteiger partial charge is 0.416 e. The Balaban J connectivity index is 1.68. The average molecular weight is 419 g/mol. The molecule has 0 spiro atoms. The normalized spacial score (nSPS) is 12.5. The predicted molar refractivity (Wildman–Crippen MR) is 104 cm³/mol. The summed E-state index contributed by atoms with van der Waals surface area (Å²) in [7, 11) is 0. The van der Waals surface area contributed by atoms with E-state index in [1.807, 2.05) is 24.3 Å². The highest BCUT2D eigenvalue weighted by atomic mass is 19.4. The van der Waals surface area contributed by atoms with Crippen LogP contribution in [0.4, 0.5) is 18.0 Å². The van der Waals surface area contributed by atoms with Crippen molar-refractivity contribution < 1.29 is 27.5 Å². The molecule has 3 aromatic rings. The molecule has 3 rings (SSSR count). The van der Waals surface area contributed by atoms with Crippen LogP contribution in [-0.4, -0.2) is 23.6 Å². The van der Waals surface area contributed by atoms with E-state index in [9.17, 15) is 22.8 Å². The molecular weight excluding hydrogens is 399 g/mol. The van der Waals surface area contributed by atoms with Gasteiger partial charge in [0.1, 0.15) is 6.61 Å². The molecule has 0 aliphatic heterocycles. The van der Waals surface area contributed by atoms with Gasteiger partial charge in [0.15, 0.2) is 0 Å². The fourth-order valence-corrected chi connectivity index (χ4v) is 3.12. The number of fused-ring (bicyclic) bond motifs is 1. The number of benzene rings is 2. The highest BCUT2D eigenvalue weighted by Gasteiger charge is 2.30. The van der Waals surface area contributed by atoms with Crippen LogP contribution < -0.4 is 11.1 Å². The SMILES string of the molecule is NC(=O)OCC(Cc1c[nH]c2ccccc12)C(=O)NCc1ccc(C(F)(F)F)cc1. The lowest BCUT2D eigenvalue weighted by Gasteiger charge is -2.16. The van der Waals surface area contributed by atoms with E-state index in [-0.39, 0.29) is 19.6 Å². The lowest BCUT2D eigenvalue weighted by atomic mass is 9.98. The number of H-pyrrole nitrogens is 1. The molecule has 0 radical (unpaired) electrons. The van der Waals surface area contributed by atoms with E-state index in [1.54, 1.807) is 6.20 Å². The van der Waals surface area contributed by atoms with Gasteiger partial charge in [-0.2, -0.15) is 13.2 Å². The van der Waals surface area contributed by atoms with Crippen molar-refractivity contribution in [2.24, 2.45) is 11.7 Å². The van der Waals surface area contributed by atoms with E-state index in [2.05, 4.69) is 10.3 Å². The van der Waals surface area contributed by atoms with E-state index >= 15 is 0 Å². The molecule has 1 atom stereocenters. The van der Waals surface area contributed by atoms with E-state index in [0.29, 0.717) is 5.56 Å². The monoisotopic (exact) mass is 419 g/mol. The van der Waals surface area contributed by atoms with Crippen molar-refractivity contribution in [1.29, 1.82) is 0 Å². The molecule has 0 aliphatic carbocycles. The van der Waals surface area contributed by atoms with Crippen molar-refractivity contribution in [1.82, 2.24) is 10.3 Å². The topological polar surface area (TPSA) is 97.2 Å². The number of rotatable bonds is 7. The minimum atomic E-state index is -4.42. The summed E-state index contributed by atoms with van der Waals surface area (Å²) in [5.41, 5.74) is 6.56. The van der Waals surface area contributed by atoms with Crippen molar-refractivity contribution in [3.05, 3.63) is 71.4 Å². The van der Waals surface area contributed by atoms with E-state index < -0.39 is 29.7 Å². The minimum Gasteiger partial charge on any atom is -0.449 e. The zero-order valence-electron chi connectivity index (χ0n) is 15.8. The predicted octanol–water partition coefficient (Wildman–Crippen LogP) is 3.76. The van der Waals surface area contributed by atoms with Gasteiger partial charge in [0.05, 0.1) is 11.5 Å². The Labute approximate surface area is 170 Å². The quantitative estimate of drug-likeness (QED) is 0.544. The molecule has 30 heavy (non-hydrogen) atoms. The number of halogens is 3. The Hall–Kier alpha value is -3.49. The molecule has 2 amide bonds.